The topological polar surface area (TPSA) is 57.5 Å². The first-order chi connectivity index (χ1) is 7.04. The molecular weight excluding hydrogens is 260 g/mol. The van der Waals surface area contributed by atoms with Crippen molar-refractivity contribution < 1.29 is 15.0 Å². The zero-order chi connectivity index (χ0) is 11.4. The van der Waals surface area contributed by atoms with Crippen LogP contribution in [0.25, 0.3) is 0 Å². The van der Waals surface area contributed by atoms with Crippen molar-refractivity contribution in [3.8, 4) is 17.6 Å². The summed E-state index contributed by atoms with van der Waals surface area (Å²) in [6, 6.07) is 3.15. The van der Waals surface area contributed by atoms with Crippen LogP contribution in [0.5, 0.6) is 5.75 Å². The van der Waals surface area contributed by atoms with Crippen LogP contribution in [0.15, 0.2) is 16.6 Å². The molecule has 1 aromatic carbocycles. The number of hydrogen-bond acceptors (Lipinski definition) is 2. The molecule has 0 atom stereocenters. The summed E-state index contributed by atoms with van der Waals surface area (Å²) in [4.78, 5) is 10.5. The van der Waals surface area contributed by atoms with Crippen molar-refractivity contribution in [2.45, 2.75) is 13.3 Å². The molecule has 1 rings (SSSR count). The van der Waals surface area contributed by atoms with Crippen molar-refractivity contribution in [3.05, 3.63) is 27.7 Å². The zero-order valence-corrected chi connectivity index (χ0v) is 9.63. The molecule has 3 nitrogen and oxygen atoms in total. The summed E-state index contributed by atoms with van der Waals surface area (Å²) >= 11 is 3.21. The van der Waals surface area contributed by atoms with Crippen molar-refractivity contribution in [2.75, 3.05) is 0 Å². The van der Waals surface area contributed by atoms with Gasteiger partial charge in [0.1, 0.15) is 5.75 Å². The molecular formula is C11H9BrO3. The van der Waals surface area contributed by atoms with Crippen LogP contribution in [-0.2, 0) is 11.2 Å². The molecule has 0 spiro atoms. The number of rotatable bonds is 2. The van der Waals surface area contributed by atoms with Gasteiger partial charge in [0.15, 0.2) is 0 Å². The van der Waals surface area contributed by atoms with E-state index in [1.807, 2.05) is 0 Å². The SMILES string of the molecule is CC#Cc1cc(O)c(CC(=O)O)c(Br)c1. The molecule has 78 valence electrons. The molecule has 0 fully saturated rings. The molecule has 0 heterocycles. The number of benzene rings is 1. The van der Waals surface area contributed by atoms with Crippen molar-refractivity contribution >= 4 is 21.9 Å². The number of carboxylic acids is 1. The molecule has 0 aliphatic rings. The molecule has 2 N–H and O–H groups in total. The minimum absolute atomic E-state index is 0.0514. The van der Waals surface area contributed by atoms with Crippen LogP contribution in [0, 0.1) is 11.8 Å². The van der Waals surface area contributed by atoms with Crippen LogP contribution >= 0.6 is 15.9 Å². The molecule has 1 aromatic rings. The van der Waals surface area contributed by atoms with Crippen LogP contribution in [0.1, 0.15) is 18.1 Å². The van der Waals surface area contributed by atoms with Gasteiger partial charge in [-0.1, -0.05) is 21.9 Å². The normalized spacial score (nSPS) is 9.20. The maximum absolute atomic E-state index is 10.5. The Balaban J connectivity index is 3.18. The first-order valence-electron chi connectivity index (χ1n) is 4.20. The quantitative estimate of drug-likeness (QED) is 0.809. The molecule has 0 aliphatic heterocycles. The molecule has 0 radical (unpaired) electrons. The Labute approximate surface area is 95.9 Å². The van der Waals surface area contributed by atoms with Gasteiger partial charge in [0.25, 0.3) is 0 Å². The van der Waals surface area contributed by atoms with Gasteiger partial charge in [0.05, 0.1) is 6.42 Å². The molecule has 0 aliphatic carbocycles. The second-order valence-corrected chi connectivity index (χ2v) is 3.76. The highest BCUT2D eigenvalue weighted by atomic mass is 79.9. The van der Waals surface area contributed by atoms with E-state index in [-0.39, 0.29) is 12.2 Å². The predicted octanol–water partition coefficient (Wildman–Crippen LogP) is 2.15. The second kappa shape index (κ2) is 4.85. The number of halogens is 1. The van der Waals surface area contributed by atoms with Gasteiger partial charge in [-0.3, -0.25) is 4.79 Å². The number of phenols is 1. The van der Waals surface area contributed by atoms with Gasteiger partial charge in [-0.15, -0.1) is 5.92 Å². The Hall–Kier alpha value is -1.47. The lowest BCUT2D eigenvalue weighted by atomic mass is 10.1. The van der Waals surface area contributed by atoms with E-state index in [0.717, 1.165) is 0 Å². The summed E-state index contributed by atoms with van der Waals surface area (Å²) in [5, 5.41) is 18.2. The van der Waals surface area contributed by atoms with E-state index in [9.17, 15) is 9.90 Å². The van der Waals surface area contributed by atoms with Gasteiger partial charge in [-0.2, -0.15) is 0 Å². The van der Waals surface area contributed by atoms with Gasteiger partial charge in [0, 0.05) is 15.6 Å². The molecule has 15 heavy (non-hydrogen) atoms. The van der Waals surface area contributed by atoms with E-state index in [4.69, 9.17) is 5.11 Å². The van der Waals surface area contributed by atoms with E-state index in [1.54, 1.807) is 13.0 Å². The predicted molar refractivity (Wildman–Crippen MR) is 59.7 cm³/mol. The third kappa shape index (κ3) is 3.00. The highest BCUT2D eigenvalue weighted by Crippen LogP contribution is 2.28. The summed E-state index contributed by atoms with van der Waals surface area (Å²) in [6.07, 6.45) is -0.216. The van der Waals surface area contributed by atoms with Gasteiger partial charge < -0.3 is 10.2 Å². The molecule has 0 unspecified atom stereocenters. The van der Waals surface area contributed by atoms with Gasteiger partial charge in [0.2, 0.25) is 0 Å². The number of phenolic OH excluding ortho intramolecular Hbond substituents is 1. The average Bonchev–Trinajstić information content (AvgIpc) is 2.11. The molecule has 0 bridgehead atoms. The number of carbonyl (C=O) groups is 1. The number of hydrogen-bond donors (Lipinski definition) is 2. The van der Waals surface area contributed by atoms with Crippen LogP contribution in [-0.4, -0.2) is 16.2 Å². The Bertz CT molecular complexity index is 432. The number of carboxylic acid groups (broad SMARTS) is 1. The third-order valence-corrected chi connectivity index (χ3v) is 2.48. The van der Waals surface area contributed by atoms with Crippen LogP contribution in [0.4, 0.5) is 0 Å². The van der Waals surface area contributed by atoms with E-state index < -0.39 is 5.97 Å². The Kier molecular flexibility index (Phi) is 3.75. The van der Waals surface area contributed by atoms with Crippen LogP contribution < -0.4 is 0 Å². The standard InChI is InChI=1S/C11H9BrO3/c1-2-3-7-4-9(12)8(6-11(14)15)10(13)5-7/h4-5,13H,6H2,1H3,(H,14,15). The Morgan fingerprint density at radius 3 is 2.67 bits per heavy atom. The van der Waals surface area contributed by atoms with Gasteiger partial charge in [-0.05, 0) is 19.1 Å². The Morgan fingerprint density at radius 1 is 1.53 bits per heavy atom. The van der Waals surface area contributed by atoms with Crippen molar-refractivity contribution in [2.24, 2.45) is 0 Å². The summed E-state index contributed by atoms with van der Waals surface area (Å²) in [5.41, 5.74) is 1.01. The van der Waals surface area contributed by atoms with E-state index in [0.29, 0.717) is 15.6 Å². The molecule has 0 aromatic heterocycles. The molecule has 0 amide bonds. The van der Waals surface area contributed by atoms with Crippen molar-refractivity contribution in [3.63, 3.8) is 0 Å². The smallest absolute Gasteiger partial charge is 0.308 e. The lowest BCUT2D eigenvalue weighted by Crippen LogP contribution is -2.01. The lowest BCUT2D eigenvalue weighted by molar-refractivity contribution is -0.136. The maximum Gasteiger partial charge on any atom is 0.308 e. The van der Waals surface area contributed by atoms with E-state index in [2.05, 4.69) is 27.8 Å². The Morgan fingerprint density at radius 2 is 2.20 bits per heavy atom. The first kappa shape index (κ1) is 11.6. The lowest BCUT2D eigenvalue weighted by Gasteiger charge is -2.05. The molecule has 0 saturated heterocycles. The number of aromatic hydroxyl groups is 1. The van der Waals surface area contributed by atoms with Gasteiger partial charge in [-0.25, -0.2) is 0 Å². The highest BCUT2D eigenvalue weighted by Gasteiger charge is 2.11. The zero-order valence-electron chi connectivity index (χ0n) is 8.04. The monoisotopic (exact) mass is 268 g/mol. The summed E-state index contributed by atoms with van der Waals surface area (Å²) in [5.74, 6) is 4.45. The fraction of sp³-hybridized carbons (Fsp3) is 0.182. The van der Waals surface area contributed by atoms with E-state index >= 15 is 0 Å². The third-order valence-electron chi connectivity index (χ3n) is 1.77. The fourth-order valence-electron chi connectivity index (χ4n) is 1.16. The summed E-state index contributed by atoms with van der Waals surface area (Å²) in [7, 11) is 0. The summed E-state index contributed by atoms with van der Waals surface area (Å²) in [6.45, 7) is 1.69. The fourth-order valence-corrected chi connectivity index (χ4v) is 1.75. The maximum atomic E-state index is 10.5. The average molecular weight is 269 g/mol. The van der Waals surface area contributed by atoms with Crippen LogP contribution in [0.3, 0.4) is 0 Å². The molecule has 4 heteroatoms. The van der Waals surface area contributed by atoms with Gasteiger partial charge >= 0.3 is 5.97 Å². The first-order valence-corrected chi connectivity index (χ1v) is 5.00. The van der Waals surface area contributed by atoms with Crippen molar-refractivity contribution in [1.82, 2.24) is 0 Å². The minimum Gasteiger partial charge on any atom is -0.508 e. The minimum atomic E-state index is -0.986. The van der Waals surface area contributed by atoms with Crippen molar-refractivity contribution in [1.29, 1.82) is 0 Å². The largest absolute Gasteiger partial charge is 0.508 e. The second-order valence-electron chi connectivity index (χ2n) is 2.90. The summed E-state index contributed by atoms with van der Waals surface area (Å²) < 4.78 is 0.558. The highest BCUT2D eigenvalue weighted by molar-refractivity contribution is 9.10. The van der Waals surface area contributed by atoms with Crippen LogP contribution in [0.2, 0.25) is 0 Å². The molecule has 0 saturated carbocycles. The number of aliphatic carboxylic acids is 1. The van der Waals surface area contributed by atoms with E-state index in [1.165, 1.54) is 6.07 Å².